The molecule has 5 aromatic carbocycles. The number of aryl methyl sites for hydroxylation is 1. The van der Waals surface area contributed by atoms with Crippen molar-refractivity contribution in [2.45, 2.75) is 13.8 Å². The third-order valence-corrected chi connectivity index (χ3v) is 6.09. The van der Waals surface area contributed by atoms with Gasteiger partial charge in [0.05, 0.1) is 0 Å². The Labute approximate surface area is 190 Å². The minimum absolute atomic E-state index is 0.909. The van der Waals surface area contributed by atoms with Crippen LogP contribution in [-0.4, -0.2) is 6.54 Å². The predicted octanol–water partition coefficient (Wildman–Crippen LogP) is 8.64. The first kappa shape index (κ1) is 20.1. The Kier molecular flexibility index (Phi) is 5.47. The number of fused-ring (bicyclic) bond motifs is 1. The molecule has 0 aromatic heterocycles. The number of rotatable bonds is 5. The highest BCUT2D eigenvalue weighted by Gasteiger charge is 2.09. The molecule has 0 aliphatic heterocycles. The average Bonchev–Trinajstić information content (AvgIpc) is 2.85. The monoisotopic (exact) mass is 413 g/mol. The van der Waals surface area contributed by atoms with Gasteiger partial charge in [0.2, 0.25) is 0 Å². The van der Waals surface area contributed by atoms with Gasteiger partial charge in [-0.25, -0.2) is 0 Å². The molecule has 1 nitrogen and oxygen atoms in total. The lowest BCUT2D eigenvalue weighted by molar-refractivity contribution is 1.02. The quantitative estimate of drug-likeness (QED) is 0.279. The van der Waals surface area contributed by atoms with E-state index in [1.165, 1.54) is 50.0 Å². The third-order valence-electron chi connectivity index (χ3n) is 6.09. The number of benzene rings is 5. The van der Waals surface area contributed by atoms with E-state index in [-0.39, 0.29) is 0 Å². The van der Waals surface area contributed by atoms with Crippen molar-refractivity contribution in [1.29, 1.82) is 0 Å². The molecule has 0 saturated heterocycles. The van der Waals surface area contributed by atoms with Gasteiger partial charge in [0.15, 0.2) is 0 Å². The van der Waals surface area contributed by atoms with Crippen LogP contribution in [0.15, 0.2) is 115 Å². The van der Waals surface area contributed by atoms with E-state index in [0.717, 1.165) is 6.54 Å². The number of nitrogens with zero attached hydrogens (tertiary/aromatic N) is 1. The molecule has 5 rings (SSSR count). The van der Waals surface area contributed by atoms with Crippen molar-refractivity contribution in [1.82, 2.24) is 0 Å². The Morgan fingerprint density at radius 3 is 1.91 bits per heavy atom. The molecule has 1 heteroatoms. The van der Waals surface area contributed by atoms with Crippen molar-refractivity contribution in [2.75, 3.05) is 11.4 Å². The minimum atomic E-state index is 0.909. The number of anilines is 2. The Balaban J connectivity index is 1.45. The molecular weight excluding hydrogens is 386 g/mol. The summed E-state index contributed by atoms with van der Waals surface area (Å²) < 4.78 is 0. The minimum Gasteiger partial charge on any atom is -0.342 e. The van der Waals surface area contributed by atoms with Gasteiger partial charge in [0.1, 0.15) is 0 Å². The Morgan fingerprint density at radius 2 is 1.16 bits per heavy atom. The summed E-state index contributed by atoms with van der Waals surface area (Å²) in [5.74, 6) is 0. The van der Waals surface area contributed by atoms with E-state index >= 15 is 0 Å². The molecule has 0 radical (unpaired) electrons. The van der Waals surface area contributed by atoms with Crippen LogP contribution in [0.1, 0.15) is 12.5 Å². The Bertz CT molecular complexity index is 1370. The van der Waals surface area contributed by atoms with E-state index in [9.17, 15) is 0 Å². The highest BCUT2D eigenvalue weighted by atomic mass is 15.1. The maximum Gasteiger partial charge on any atom is 0.0416 e. The third kappa shape index (κ3) is 4.02. The van der Waals surface area contributed by atoms with Gasteiger partial charge in [0, 0.05) is 17.9 Å². The predicted molar refractivity (Wildman–Crippen MR) is 139 cm³/mol. The largest absolute Gasteiger partial charge is 0.342 e. The summed E-state index contributed by atoms with van der Waals surface area (Å²) in [5.41, 5.74) is 8.70. The summed E-state index contributed by atoms with van der Waals surface area (Å²) in [7, 11) is 0. The van der Waals surface area contributed by atoms with Gasteiger partial charge < -0.3 is 4.90 Å². The average molecular weight is 414 g/mol. The summed E-state index contributed by atoms with van der Waals surface area (Å²) in [4.78, 5) is 2.36. The van der Waals surface area contributed by atoms with Crippen molar-refractivity contribution in [3.8, 4) is 22.3 Å². The first-order chi connectivity index (χ1) is 15.7. The molecule has 0 saturated carbocycles. The summed E-state index contributed by atoms with van der Waals surface area (Å²) in [6, 6.07) is 41.6. The molecule has 0 heterocycles. The summed E-state index contributed by atoms with van der Waals surface area (Å²) in [5, 5.41) is 2.55. The van der Waals surface area contributed by atoms with Crippen molar-refractivity contribution in [3.05, 3.63) is 121 Å². The SMILES string of the molecule is CCN(c1ccc(-c2ccc3ccccc3c2)cc1)c1cccc(-c2cccc(C)c2)c1. The van der Waals surface area contributed by atoms with E-state index < -0.39 is 0 Å². The maximum absolute atomic E-state index is 2.36. The van der Waals surface area contributed by atoms with Crippen LogP contribution < -0.4 is 4.90 Å². The van der Waals surface area contributed by atoms with Crippen LogP contribution in [0.2, 0.25) is 0 Å². The van der Waals surface area contributed by atoms with Crippen molar-refractivity contribution in [3.63, 3.8) is 0 Å². The molecule has 0 amide bonds. The maximum atomic E-state index is 2.36. The van der Waals surface area contributed by atoms with Gasteiger partial charge in [-0.3, -0.25) is 0 Å². The zero-order valence-electron chi connectivity index (χ0n) is 18.6. The van der Waals surface area contributed by atoms with Crippen molar-refractivity contribution in [2.24, 2.45) is 0 Å². The van der Waals surface area contributed by atoms with Gasteiger partial charge in [0.25, 0.3) is 0 Å². The molecule has 0 bridgehead atoms. The molecule has 156 valence electrons. The molecule has 5 aromatic rings. The van der Waals surface area contributed by atoms with E-state index in [0.29, 0.717) is 0 Å². The molecule has 0 unspecified atom stereocenters. The van der Waals surface area contributed by atoms with Crippen molar-refractivity contribution < 1.29 is 0 Å². The summed E-state index contributed by atoms with van der Waals surface area (Å²) in [6.07, 6.45) is 0. The zero-order valence-corrected chi connectivity index (χ0v) is 18.6. The fraction of sp³-hybridized carbons (Fsp3) is 0.0968. The van der Waals surface area contributed by atoms with Gasteiger partial charge in [-0.2, -0.15) is 0 Å². The van der Waals surface area contributed by atoms with E-state index in [1.54, 1.807) is 0 Å². The topological polar surface area (TPSA) is 3.24 Å². The number of hydrogen-bond acceptors (Lipinski definition) is 1. The van der Waals surface area contributed by atoms with Gasteiger partial charge in [-0.1, -0.05) is 90.5 Å². The standard InChI is InChI=1S/C31H27N/c1-3-32(31-13-7-12-28(22-31)26-11-6-8-23(2)20-26)30-18-16-25(17-19-30)29-15-14-24-9-4-5-10-27(24)21-29/h4-22H,3H2,1-2H3. The fourth-order valence-electron chi connectivity index (χ4n) is 4.39. The first-order valence-corrected chi connectivity index (χ1v) is 11.3. The molecule has 32 heavy (non-hydrogen) atoms. The Hall–Kier alpha value is -3.84. The lowest BCUT2D eigenvalue weighted by Gasteiger charge is -2.24. The second-order valence-electron chi connectivity index (χ2n) is 8.27. The fourth-order valence-corrected chi connectivity index (χ4v) is 4.39. The molecule has 0 spiro atoms. The second-order valence-corrected chi connectivity index (χ2v) is 8.27. The molecular formula is C31H27N. The lowest BCUT2D eigenvalue weighted by atomic mass is 10.0. The highest BCUT2D eigenvalue weighted by Crippen LogP contribution is 2.32. The van der Waals surface area contributed by atoms with Crippen LogP contribution in [0.3, 0.4) is 0 Å². The van der Waals surface area contributed by atoms with Gasteiger partial charge in [-0.05, 0) is 77.2 Å². The molecule has 0 aliphatic rings. The van der Waals surface area contributed by atoms with E-state index in [1.807, 2.05) is 0 Å². The van der Waals surface area contributed by atoms with Crippen LogP contribution in [0.5, 0.6) is 0 Å². The van der Waals surface area contributed by atoms with Crippen LogP contribution >= 0.6 is 0 Å². The normalized spacial score (nSPS) is 10.9. The number of hydrogen-bond donors (Lipinski definition) is 0. The lowest BCUT2D eigenvalue weighted by Crippen LogP contribution is -2.15. The van der Waals surface area contributed by atoms with Crippen molar-refractivity contribution >= 4 is 22.1 Å². The van der Waals surface area contributed by atoms with Crippen LogP contribution in [0.4, 0.5) is 11.4 Å². The van der Waals surface area contributed by atoms with E-state index in [4.69, 9.17) is 0 Å². The molecule has 0 N–H and O–H groups in total. The molecule has 0 aliphatic carbocycles. The van der Waals surface area contributed by atoms with Gasteiger partial charge in [-0.15, -0.1) is 0 Å². The zero-order chi connectivity index (χ0) is 21.9. The summed E-state index contributed by atoms with van der Waals surface area (Å²) >= 11 is 0. The van der Waals surface area contributed by atoms with Crippen LogP contribution in [0.25, 0.3) is 33.0 Å². The van der Waals surface area contributed by atoms with Crippen LogP contribution in [0, 0.1) is 6.92 Å². The van der Waals surface area contributed by atoms with E-state index in [2.05, 4.69) is 134 Å². The molecule has 0 atom stereocenters. The molecule has 0 fully saturated rings. The highest BCUT2D eigenvalue weighted by molar-refractivity contribution is 5.87. The smallest absolute Gasteiger partial charge is 0.0416 e. The van der Waals surface area contributed by atoms with Crippen LogP contribution in [-0.2, 0) is 0 Å². The van der Waals surface area contributed by atoms with Gasteiger partial charge >= 0.3 is 0 Å². The first-order valence-electron chi connectivity index (χ1n) is 11.3. The summed E-state index contributed by atoms with van der Waals surface area (Å²) in [6.45, 7) is 5.26. The second kappa shape index (κ2) is 8.72. The Morgan fingerprint density at radius 1 is 0.500 bits per heavy atom.